The summed E-state index contributed by atoms with van der Waals surface area (Å²) in [6.45, 7) is 4.92. The Balaban J connectivity index is 2.02. The van der Waals surface area contributed by atoms with Gasteiger partial charge in [-0.1, -0.05) is 18.7 Å². The predicted octanol–water partition coefficient (Wildman–Crippen LogP) is 3.24. The Hall–Kier alpha value is -2.76. The first-order valence-corrected chi connectivity index (χ1v) is 8.71. The molecule has 1 saturated heterocycles. The average molecular weight is 354 g/mol. The molecule has 26 heavy (non-hydrogen) atoms. The number of hydrogen-bond donors (Lipinski definition) is 0. The first-order valence-electron chi connectivity index (χ1n) is 8.71. The number of hydrogen-bond acceptors (Lipinski definition) is 4. The van der Waals surface area contributed by atoms with Crippen LogP contribution in [0.25, 0.3) is 11.1 Å². The topological polar surface area (TPSA) is 49.3 Å². The molecule has 3 rings (SSSR count). The van der Waals surface area contributed by atoms with Gasteiger partial charge in [0.05, 0.1) is 5.69 Å². The van der Waals surface area contributed by atoms with Gasteiger partial charge in [0.15, 0.2) is 0 Å². The maximum absolute atomic E-state index is 13.3. The van der Waals surface area contributed by atoms with Crippen molar-refractivity contribution < 1.29 is 9.18 Å². The van der Waals surface area contributed by atoms with Gasteiger partial charge in [-0.05, 0) is 36.6 Å². The lowest BCUT2D eigenvalue weighted by Crippen LogP contribution is -2.38. The highest BCUT2D eigenvalue weighted by Crippen LogP contribution is 2.34. The summed E-state index contributed by atoms with van der Waals surface area (Å²) in [6, 6.07) is 6.35. The van der Waals surface area contributed by atoms with E-state index >= 15 is 0 Å². The molecule has 2 heterocycles. The van der Waals surface area contributed by atoms with Crippen molar-refractivity contribution in [1.82, 2.24) is 14.9 Å². The smallest absolute Gasteiger partial charge is 0.245 e. The summed E-state index contributed by atoms with van der Waals surface area (Å²) in [6.07, 6.45) is 5.00. The van der Waals surface area contributed by atoms with Crippen molar-refractivity contribution in [3.05, 3.63) is 54.6 Å². The number of amides is 1. The Morgan fingerprint density at radius 1 is 1.35 bits per heavy atom. The minimum atomic E-state index is -0.276. The third kappa shape index (κ3) is 3.74. The van der Waals surface area contributed by atoms with E-state index in [-0.39, 0.29) is 17.6 Å². The highest BCUT2D eigenvalue weighted by atomic mass is 19.1. The third-order valence-electron chi connectivity index (χ3n) is 4.66. The maximum atomic E-state index is 13.3. The number of benzene rings is 1. The monoisotopic (exact) mass is 354 g/mol. The highest BCUT2D eigenvalue weighted by Gasteiger charge is 2.27. The molecule has 0 bridgehead atoms. The lowest BCUT2D eigenvalue weighted by atomic mass is 9.90. The Morgan fingerprint density at radius 3 is 2.73 bits per heavy atom. The maximum Gasteiger partial charge on any atom is 0.245 e. The van der Waals surface area contributed by atoms with Crippen molar-refractivity contribution in [2.45, 2.75) is 18.8 Å². The van der Waals surface area contributed by atoms with E-state index in [1.807, 2.05) is 23.9 Å². The van der Waals surface area contributed by atoms with Crippen LogP contribution in [0.1, 0.15) is 24.5 Å². The van der Waals surface area contributed by atoms with Gasteiger partial charge in [-0.15, -0.1) is 0 Å². The zero-order chi connectivity index (χ0) is 18.7. The summed E-state index contributed by atoms with van der Waals surface area (Å²) < 4.78 is 13.3. The van der Waals surface area contributed by atoms with Crippen molar-refractivity contribution in [1.29, 1.82) is 0 Å². The fourth-order valence-corrected chi connectivity index (χ4v) is 3.29. The Labute approximate surface area is 153 Å². The van der Waals surface area contributed by atoms with Crippen LogP contribution in [-0.4, -0.2) is 48.0 Å². The molecule has 1 atom stereocenters. The van der Waals surface area contributed by atoms with Crippen molar-refractivity contribution >= 4 is 11.9 Å². The van der Waals surface area contributed by atoms with Crippen molar-refractivity contribution in [2.75, 3.05) is 32.1 Å². The fourth-order valence-electron chi connectivity index (χ4n) is 3.29. The van der Waals surface area contributed by atoms with E-state index < -0.39 is 0 Å². The van der Waals surface area contributed by atoms with Gasteiger partial charge in [-0.25, -0.2) is 14.4 Å². The SMILES string of the molecule is C=CC(=O)N1CCCC(c2nc(N(C)C)ncc2-c2ccc(F)cc2)C1. The molecule has 1 aromatic heterocycles. The van der Waals surface area contributed by atoms with Gasteiger partial charge in [0.25, 0.3) is 0 Å². The van der Waals surface area contributed by atoms with Gasteiger partial charge in [0.2, 0.25) is 11.9 Å². The predicted molar refractivity (Wildman–Crippen MR) is 101 cm³/mol. The van der Waals surface area contributed by atoms with E-state index in [2.05, 4.69) is 11.6 Å². The molecule has 6 heteroatoms. The summed E-state index contributed by atoms with van der Waals surface area (Å²) in [5, 5.41) is 0. The molecule has 0 aliphatic carbocycles. The summed E-state index contributed by atoms with van der Waals surface area (Å²) in [5.74, 6) is 0.397. The molecule has 0 N–H and O–H groups in total. The van der Waals surface area contributed by atoms with Gasteiger partial charge >= 0.3 is 0 Å². The van der Waals surface area contributed by atoms with Crippen LogP contribution in [0.3, 0.4) is 0 Å². The molecule has 1 aliphatic rings. The molecule has 1 aromatic carbocycles. The first kappa shape index (κ1) is 18.0. The molecule has 5 nitrogen and oxygen atoms in total. The minimum absolute atomic E-state index is 0.0556. The number of anilines is 1. The van der Waals surface area contributed by atoms with Crippen LogP contribution < -0.4 is 4.90 Å². The van der Waals surface area contributed by atoms with Gasteiger partial charge in [-0.3, -0.25) is 4.79 Å². The second-order valence-electron chi connectivity index (χ2n) is 6.70. The summed E-state index contributed by atoms with van der Waals surface area (Å²) in [5.41, 5.74) is 2.66. The number of nitrogens with zero attached hydrogens (tertiary/aromatic N) is 4. The zero-order valence-corrected chi connectivity index (χ0v) is 15.2. The van der Waals surface area contributed by atoms with Crippen LogP contribution in [-0.2, 0) is 4.79 Å². The normalized spacial score (nSPS) is 17.0. The number of aromatic nitrogens is 2. The number of carbonyl (C=O) groups is 1. The molecule has 0 radical (unpaired) electrons. The number of carbonyl (C=O) groups excluding carboxylic acids is 1. The van der Waals surface area contributed by atoms with Gasteiger partial charge in [-0.2, -0.15) is 0 Å². The molecule has 1 aliphatic heterocycles. The number of piperidine rings is 1. The van der Waals surface area contributed by atoms with E-state index in [1.165, 1.54) is 18.2 Å². The van der Waals surface area contributed by atoms with Crippen LogP contribution in [0.15, 0.2) is 43.1 Å². The number of halogens is 1. The van der Waals surface area contributed by atoms with Crippen LogP contribution in [0.2, 0.25) is 0 Å². The van der Waals surface area contributed by atoms with Crippen molar-refractivity contribution in [3.63, 3.8) is 0 Å². The summed E-state index contributed by atoms with van der Waals surface area (Å²) in [4.78, 5) is 24.9. The van der Waals surface area contributed by atoms with Crippen LogP contribution in [0, 0.1) is 5.82 Å². The number of likely N-dealkylation sites (tertiary alicyclic amines) is 1. The minimum Gasteiger partial charge on any atom is -0.347 e. The van der Waals surface area contributed by atoms with Crippen LogP contribution in [0.4, 0.5) is 10.3 Å². The third-order valence-corrected chi connectivity index (χ3v) is 4.66. The molecule has 136 valence electrons. The largest absolute Gasteiger partial charge is 0.347 e. The quantitative estimate of drug-likeness (QED) is 0.791. The van der Waals surface area contributed by atoms with Gasteiger partial charge < -0.3 is 9.80 Å². The van der Waals surface area contributed by atoms with Crippen molar-refractivity contribution in [2.24, 2.45) is 0 Å². The van der Waals surface area contributed by atoms with E-state index in [9.17, 15) is 9.18 Å². The lowest BCUT2D eigenvalue weighted by Gasteiger charge is -2.33. The van der Waals surface area contributed by atoms with Gasteiger partial charge in [0.1, 0.15) is 5.82 Å². The molecular weight excluding hydrogens is 331 g/mol. The number of rotatable bonds is 4. The Morgan fingerprint density at radius 2 is 2.08 bits per heavy atom. The van der Waals surface area contributed by atoms with Gasteiger partial charge in [0, 0.05) is 44.9 Å². The Kier molecular flexibility index (Phi) is 5.30. The first-order chi connectivity index (χ1) is 12.5. The van der Waals surface area contributed by atoms with E-state index in [4.69, 9.17) is 4.98 Å². The van der Waals surface area contributed by atoms with E-state index in [0.717, 1.165) is 36.2 Å². The van der Waals surface area contributed by atoms with E-state index in [0.29, 0.717) is 12.5 Å². The second kappa shape index (κ2) is 7.64. The van der Waals surface area contributed by atoms with E-state index in [1.54, 1.807) is 18.3 Å². The summed E-state index contributed by atoms with van der Waals surface area (Å²) >= 11 is 0. The fraction of sp³-hybridized carbons (Fsp3) is 0.350. The summed E-state index contributed by atoms with van der Waals surface area (Å²) in [7, 11) is 3.79. The second-order valence-corrected chi connectivity index (χ2v) is 6.70. The Bertz CT molecular complexity index is 804. The highest BCUT2D eigenvalue weighted by molar-refractivity contribution is 5.87. The molecule has 1 fully saturated rings. The van der Waals surface area contributed by atoms with Crippen molar-refractivity contribution in [3.8, 4) is 11.1 Å². The molecule has 1 unspecified atom stereocenters. The average Bonchev–Trinajstić information content (AvgIpc) is 2.67. The molecule has 0 spiro atoms. The molecule has 2 aromatic rings. The lowest BCUT2D eigenvalue weighted by molar-refractivity contribution is -0.127. The van der Waals surface area contributed by atoms with Crippen LogP contribution >= 0.6 is 0 Å². The molecular formula is C20H23FN4O. The molecule has 0 saturated carbocycles. The van der Waals surface area contributed by atoms with Crippen LogP contribution in [0.5, 0.6) is 0 Å². The standard InChI is InChI=1S/C20H23FN4O/c1-4-18(26)25-11-5-6-15(13-25)19-17(12-22-20(23-19)24(2)3)14-7-9-16(21)10-8-14/h4,7-10,12,15H,1,5-6,11,13H2,2-3H3. The zero-order valence-electron chi connectivity index (χ0n) is 15.2. The molecule has 1 amide bonds.